The van der Waals surface area contributed by atoms with Crippen LogP contribution < -0.4 is 5.73 Å². The van der Waals surface area contributed by atoms with Crippen molar-refractivity contribution in [2.45, 2.75) is 24.8 Å². The molecule has 2 N–H and O–H groups in total. The molecule has 4 nitrogen and oxygen atoms in total. The average molecular weight is 304 g/mol. The fourth-order valence-corrected chi connectivity index (χ4v) is 2.23. The van der Waals surface area contributed by atoms with Crippen LogP contribution >= 0.6 is 24.0 Å². The van der Waals surface area contributed by atoms with Gasteiger partial charge < -0.3 is 10.3 Å². The van der Waals surface area contributed by atoms with Crippen molar-refractivity contribution in [3.63, 3.8) is 0 Å². The third kappa shape index (κ3) is 2.45. The van der Waals surface area contributed by atoms with Gasteiger partial charge in [-0.25, -0.2) is 4.39 Å². The minimum absolute atomic E-state index is 0. The van der Waals surface area contributed by atoms with Crippen molar-refractivity contribution in [2.24, 2.45) is 5.73 Å². The number of nitrogens with two attached hydrogens (primary N) is 1. The first kappa shape index (κ1) is 14.2. The number of benzene rings is 1. The molecule has 0 bridgehead atoms. The molecular weight excluding hydrogens is 292 g/mol. The lowest BCUT2D eigenvalue weighted by atomic mass is 9.77. The van der Waals surface area contributed by atoms with Crippen LogP contribution in [0.2, 0.25) is 5.02 Å². The minimum atomic E-state index is -0.478. The Bertz CT molecular complexity index is 598. The third-order valence-electron chi connectivity index (χ3n) is 3.28. The molecule has 1 aromatic carbocycles. The van der Waals surface area contributed by atoms with Crippen molar-refractivity contribution >= 4 is 24.0 Å². The Morgan fingerprint density at radius 3 is 2.68 bits per heavy atom. The minimum Gasteiger partial charge on any atom is -0.334 e. The second-order valence-corrected chi connectivity index (χ2v) is 4.96. The SMILES string of the molecule is Cl.NC1(c2noc(-c3ccc(F)cc3Cl)n2)CCC1. The van der Waals surface area contributed by atoms with E-state index in [1.807, 2.05) is 0 Å². The molecule has 0 saturated heterocycles. The van der Waals surface area contributed by atoms with Gasteiger partial charge >= 0.3 is 0 Å². The Hall–Kier alpha value is -1.17. The fraction of sp³-hybridized carbons (Fsp3) is 0.333. The van der Waals surface area contributed by atoms with Gasteiger partial charge in [0.15, 0.2) is 5.82 Å². The van der Waals surface area contributed by atoms with E-state index in [1.165, 1.54) is 18.2 Å². The van der Waals surface area contributed by atoms with Crippen molar-refractivity contribution < 1.29 is 8.91 Å². The number of rotatable bonds is 2. The average Bonchev–Trinajstić information content (AvgIpc) is 2.75. The Kier molecular flexibility index (Phi) is 3.80. The second kappa shape index (κ2) is 5.07. The molecule has 7 heteroatoms. The van der Waals surface area contributed by atoms with Crippen molar-refractivity contribution in [2.75, 3.05) is 0 Å². The van der Waals surface area contributed by atoms with Gasteiger partial charge in [-0.15, -0.1) is 12.4 Å². The Morgan fingerprint density at radius 2 is 2.11 bits per heavy atom. The zero-order valence-electron chi connectivity index (χ0n) is 9.90. The Labute approximate surface area is 120 Å². The number of halogens is 3. The van der Waals surface area contributed by atoms with Gasteiger partial charge in [-0.1, -0.05) is 16.8 Å². The summed E-state index contributed by atoms with van der Waals surface area (Å²) in [5, 5.41) is 4.13. The molecule has 1 fully saturated rings. The van der Waals surface area contributed by atoms with E-state index < -0.39 is 11.4 Å². The van der Waals surface area contributed by atoms with Crippen LogP contribution in [0.5, 0.6) is 0 Å². The molecule has 0 atom stereocenters. The van der Waals surface area contributed by atoms with Crippen LogP contribution in [0.4, 0.5) is 4.39 Å². The number of nitrogens with zero attached hydrogens (tertiary/aromatic N) is 2. The molecule has 0 amide bonds. The summed E-state index contributed by atoms with van der Waals surface area (Å²) < 4.78 is 18.1. The van der Waals surface area contributed by atoms with Crippen LogP contribution in [0, 0.1) is 5.82 Å². The van der Waals surface area contributed by atoms with E-state index in [0.717, 1.165) is 19.3 Å². The maximum absolute atomic E-state index is 13.0. The summed E-state index contributed by atoms with van der Waals surface area (Å²) in [6.45, 7) is 0. The van der Waals surface area contributed by atoms with Crippen molar-refractivity contribution in [1.29, 1.82) is 0 Å². The standard InChI is InChI=1S/C12H11ClFN3O.ClH/c13-9-6-7(14)2-3-8(9)10-16-11(17-18-10)12(15)4-1-5-12;/h2-3,6H,1,4-5,15H2;1H. The molecule has 0 aliphatic heterocycles. The molecule has 1 aliphatic carbocycles. The van der Waals surface area contributed by atoms with Gasteiger partial charge in [0.05, 0.1) is 16.1 Å². The summed E-state index contributed by atoms with van der Waals surface area (Å²) in [7, 11) is 0. The third-order valence-corrected chi connectivity index (χ3v) is 3.59. The molecule has 1 aromatic heterocycles. The van der Waals surface area contributed by atoms with E-state index in [9.17, 15) is 4.39 Å². The zero-order chi connectivity index (χ0) is 12.8. The van der Waals surface area contributed by atoms with E-state index in [-0.39, 0.29) is 23.3 Å². The summed E-state index contributed by atoms with van der Waals surface area (Å²) >= 11 is 5.94. The zero-order valence-corrected chi connectivity index (χ0v) is 11.5. The maximum atomic E-state index is 13.0. The van der Waals surface area contributed by atoms with Crippen molar-refractivity contribution in [3.8, 4) is 11.5 Å². The number of aromatic nitrogens is 2. The lowest BCUT2D eigenvalue weighted by molar-refractivity contribution is 0.229. The highest BCUT2D eigenvalue weighted by Crippen LogP contribution is 2.38. The van der Waals surface area contributed by atoms with Gasteiger partial charge in [-0.2, -0.15) is 4.98 Å². The molecule has 19 heavy (non-hydrogen) atoms. The lowest BCUT2D eigenvalue weighted by Crippen LogP contribution is -2.44. The molecule has 2 aromatic rings. The first-order valence-electron chi connectivity index (χ1n) is 5.67. The van der Waals surface area contributed by atoms with Crippen LogP contribution in [-0.4, -0.2) is 10.1 Å². The van der Waals surface area contributed by atoms with Gasteiger partial charge in [0.2, 0.25) is 0 Å². The summed E-state index contributed by atoms with van der Waals surface area (Å²) in [4.78, 5) is 4.26. The molecule has 102 valence electrons. The number of hydrogen-bond acceptors (Lipinski definition) is 4. The van der Waals surface area contributed by atoms with Crippen LogP contribution in [0.1, 0.15) is 25.1 Å². The molecule has 1 aliphatic rings. The summed E-state index contributed by atoms with van der Waals surface area (Å²) in [6, 6.07) is 4.02. The van der Waals surface area contributed by atoms with Crippen LogP contribution in [0.15, 0.2) is 22.7 Å². The monoisotopic (exact) mass is 303 g/mol. The van der Waals surface area contributed by atoms with Gasteiger partial charge in [0, 0.05) is 0 Å². The van der Waals surface area contributed by atoms with Gasteiger partial charge in [-0.3, -0.25) is 0 Å². The van der Waals surface area contributed by atoms with Gasteiger partial charge in [0.25, 0.3) is 5.89 Å². The molecule has 1 heterocycles. The summed E-state index contributed by atoms with van der Waals surface area (Å²) in [5.74, 6) is 0.355. The fourth-order valence-electron chi connectivity index (χ4n) is 1.98. The van der Waals surface area contributed by atoms with Crippen LogP contribution in [-0.2, 0) is 5.54 Å². The molecular formula is C12H12Cl2FN3O. The number of hydrogen-bond donors (Lipinski definition) is 1. The lowest BCUT2D eigenvalue weighted by Gasteiger charge is -2.34. The Morgan fingerprint density at radius 1 is 1.37 bits per heavy atom. The topological polar surface area (TPSA) is 64.9 Å². The predicted molar refractivity (Wildman–Crippen MR) is 71.7 cm³/mol. The smallest absolute Gasteiger partial charge is 0.259 e. The molecule has 3 rings (SSSR count). The van der Waals surface area contributed by atoms with E-state index in [2.05, 4.69) is 10.1 Å². The molecule has 1 saturated carbocycles. The highest BCUT2D eigenvalue weighted by atomic mass is 35.5. The van der Waals surface area contributed by atoms with Crippen molar-refractivity contribution in [1.82, 2.24) is 10.1 Å². The maximum Gasteiger partial charge on any atom is 0.259 e. The first-order valence-corrected chi connectivity index (χ1v) is 6.05. The quantitative estimate of drug-likeness (QED) is 0.924. The van der Waals surface area contributed by atoms with Crippen molar-refractivity contribution in [3.05, 3.63) is 34.9 Å². The molecule has 0 spiro atoms. The van der Waals surface area contributed by atoms with Crippen LogP contribution in [0.3, 0.4) is 0 Å². The Balaban J connectivity index is 0.00000133. The predicted octanol–water partition coefficient (Wildman–Crippen LogP) is 3.29. The largest absolute Gasteiger partial charge is 0.334 e. The molecule has 0 radical (unpaired) electrons. The summed E-state index contributed by atoms with van der Waals surface area (Å²) in [5.41, 5.74) is 6.14. The second-order valence-electron chi connectivity index (χ2n) is 4.56. The van der Waals surface area contributed by atoms with Gasteiger partial charge in [0.1, 0.15) is 5.82 Å². The highest BCUT2D eigenvalue weighted by Gasteiger charge is 2.39. The molecule has 0 unspecified atom stereocenters. The highest BCUT2D eigenvalue weighted by molar-refractivity contribution is 6.33. The first-order chi connectivity index (χ1) is 8.58. The van der Waals surface area contributed by atoms with E-state index in [1.54, 1.807) is 0 Å². The van der Waals surface area contributed by atoms with Gasteiger partial charge in [-0.05, 0) is 37.5 Å². The van der Waals surface area contributed by atoms with E-state index in [0.29, 0.717) is 11.4 Å². The summed E-state index contributed by atoms with van der Waals surface area (Å²) in [6.07, 6.45) is 2.77. The van der Waals surface area contributed by atoms with E-state index >= 15 is 0 Å². The van der Waals surface area contributed by atoms with Crippen LogP contribution in [0.25, 0.3) is 11.5 Å². The van der Waals surface area contributed by atoms with E-state index in [4.69, 9.17) is 21.9 Å². The normalized spacial score (nSPS) is 16.6.